The van der Waals surface area contributed by atoms with E-state index in [0.717, 1.165) is 25.7 Å². The molecule has 0 spiro atoms. The van der Waals surface area contributed by atoms with Gasteiger partial charge in [0, 0.05) is 19.1 Å². The Hall–Kier alpha value is -0.130. The molecule has 0 saturated heterocycles. The van der Waals surface area contributed by atoms with E-state index in [4.69, 9.17) is 0 Å². The summed E-state index contributed by atoms with van der Waals surface area (Å²) in [4.78, 5) is 0. The van der Waals surface area contributed by atoms with Gasteiger partial charge in [-0.25, -0.2) is 13.1 Å². The van der Waals surface area contributed by atoms with Gasteiger partial charge in [-0.2, -0.15) is 0 Å². The van der Waals surface area contributed by atoms with Gasteiger partial charge in [0.15, 0.2) is 0 Å². The number of nitrogens with one attached hydrogen (secondary N) is 2. The fourth-order valence-electron chi connectivity index (χ4n) is 2.05. The van der Waals surface area contributed by atoms with Crippen LogP contribution >= 0.6 is 0 Å². The van der Waals surface area contributed by atoms with E-state index < -0.39 is 10.0 Å². The van der Waals surface area contributed by atoms with Crippen molar-refractivity contribution in [1.82, 2.24) is 10.0 Å². The molecule has 0 radical (unpaired) electrons. The van der Waals surface area contributed by atoms with Crippen LogP contribution in [0.4, 0.5) is 0 Å². The van der Waals surface area contributed by atoms with E-state index in [2.05, 4.69) is 23.9 Å². The summed E-state index contributed by atoms with van der Waals surface area (Å²) in [5.41, 5.74) is 0. The Bertz CT molecular complexity index is 282. The van der Waals surface area contributed by atoms with E-state index in [1.807, 2.05) is 0 Å². The average Bonchev–Trinajstić information content (AvgIpc) is 2.26. The second kappa shape index (κ2) is 6.57. The van der Waals surface area contributed by atoms with E-state index in [1.54, 1.807) is 0 Å². The smallest absolute Gasteiger partial charge is 0.214 e. The molecule has 0 unspecified atom stereocenters. The predicted octanol–water partition coefficient (Wildman–Crippen LogP) is 1.24. The second-order valence-electron chi connectivity index (χ2n) is 4.81. The van der Waals surface area contributed by atoms with E-state index >= 15 is 0 Å². The van der Waals surface area contributed by atoms with Gasteiger partial charge in [0.2, 0.25) is 10.0 Å². The van der Waals surface area contributed by atoms with Crippen molar-refractivity contribution in [2.45, 2.75) is 57.2 Å². The Kier molecular flexibility index (Phi) is 5.72. The van der Waals surface area contributed by atoms with Crippen molar-refractivity contribution in [2.75, 3.05) is 13.1 Å². The Morgan fingerprint density at radius 2 is 1.75 bits per heavy atom. The van der Waals surface area contributed by atoms with Gasteiger partial charge in [-0.3, -0.25) is 0 Å². The van der Waals surface area contributed by atoms with Gasteiger partial charge in [0.25, 0.3) is 0 Å². The Labute approximate surface area is 99.2 Å². The molecule has 1 aliphatic carbocycles. The van der Waals surface area contributed by atoms with Gasteiger partial charge in [-0.1, -0.05) is 33.1 Å². The highest BCUT2D eigenvalue weighted by molar-refractivity contribution is 7.90. The highest BCUT2D eigenvalue weighted by Gasteiger charge is 2.26. The van der Waals surface area contributed by atoms with Crippen molar-refractivity contribution in [3.8, 4) is 0 Å². The number of hydrogen-bond acceptors (Lipinski definition) is 3. The summed E-state index contributed by atoms with van der Waals surface area (Å²) in [6.45, 7) is 5.30. The molecule has 5 heteroatoms. The van der Waals surface area contributed by atoms with Crippen LogP contribution in [-0.2, 0) is 10.0 Å². The molecule has 1 aliphatic rings. The fraction of sp³-hybridized carbons (Fsp3) is 1.00. The number of rotatable bonds is 6. The molecular weight excluding hydrogens is 224 g/mol. The largest absolute Gasteiger partial charge is 0.313 e. The molecule has 0 atom stereocenters. The van der Waals surface area contributed by atoms with Gasteiger partial charge in [0.1, 0.15) is 0 Å². The van der Waals surface area contributed by atoms with Crippen LogP contribution in [0.1, 0.15) is 46.0 Å². The van der Waals surface area contributed by atoms with Crippen LogP contribution in [0.25, 0.3) is 0 Å². The highest BCUT2D eigenvalue weighted by atomic mass is 32.2. The Balaban J connectivity index is 2.27. The lowest BCUT2D eigenvalue weighted by Gasteiger charge is -2.22. The quantitative estimate of drug-likeness (QED) is 0.695. The zero-order chi connectivity index (χ0) is 12.0. The summed E-state index contributed by atoms with van der Waals surface area (Å²) < 4.78 is 26.5. The third kappa shape index (κ3) is 4.80. The van der Waals surface area contributed by atoms with Crippen LogP contribution in [-0.4, -0.2) is 32.8 Å². The maximum atomic E-state index is 11.9. The zero-order valence-corrected chi connectivity index (χ0v) is 11.1. The number of hydrogen-bond donors (Lipinski definition) is 2. The lowest BCUT2D eigenvalue weighted by molar-refractivity contribution is 0.476. The van der Waals surface area contributed by atoms with E-state index in [9.17, 15) is 8.42 Å². The summed E-state index contributed by atoms with van der Waals surface area (Å²) >= 11 is 0. The van der Waals surface area contributed by atoms with Crippen molar-refractivity contribution in [3.05, 3.63) is 0 Å². The first-order valence-corrected chi connectivity index (χ1v) is 7.79. The third-order valence-electron chi connectivity index (χ3n) is 2.97. The summed E-state index contributed by atoms with van der Waals surface area (Å²) in [5, 5.41) is 3.04. The zero-order valence-electron chi connectivity index (χ0n) is 10.3. The first-order valence-electron chi connectivity index (χ1n) is 6.24. The van der Waals surface area contributed by atoms with Gasteiger partial charge in [-0.05, 0) is 12.8 Å². The van der Waals surface area contributed by atoms with E-state index in [1.165, 1.54) is 6.42 Å². The van der Waals surface area contributed by atoms with Crippen molar-refractivity contribution in [3.63, 3.8) is 0 Å². The summed E-state index contributed by atoms with van der Waals surface area (Å²) in [7, 11) is -3.07. The van der Waals surface area contributed by atoms with Crippen molar-refractivity contribution in [1.29, 1.82) is 0 Å². The van der Waals surface area contributed by atoms with E-state index in [-0.39, 0.29) is 5.25 Å². The standard InChI is InChI=1S/C11H24N2O2S/c1-10(2)12-8-9-13-16(14,15)11-6-4-3-5-7-11/h10-13H,3-9H2,1-2H3. The van der Waals surface area contributed by atoms with Crippen LogP contribution in [0, 0.1) is 0 Å². The monoisotopic (exact) mass is 248 g/mol. The summed E-state index contributed by atoms with van der Waals surface area (Å²) in [5.74, 6) is 0. The molecule has 1 rings (SSSR count). The molecule has 1 saturated carbocycles. The maximum Gasteiger partial charge on any atom is 0.214 e. The van der Waals surface area contributed by atoms with Crippen molar-refractivity contribution < 1.29 is 8.42 Å². The lowest BCUT2D eigenvalue weighted by Crippen LogP contribution is -2.40. The molecule has 0 aromatic carbocycles. The number of sulfonamides is 1. The topological polar surface area (TPSA) is 58.2 Å². The highest BCUT2D eigenvalue weighted by Crippen LogP contribution is 2.22. The van der Waals surface area contributed by atoms with Crippen LogP contribution in [0.15, 0.2) is 0 Å². The molecule has 1 fully saturated rings. The van der Waals surface area contributed by atoms with E-state index in [0.29, 0.717) is 19.1 Å². The predicted molar refractivity (Wildman–Crippen MR) is 66.9 cm³/mol. The maximum absolute atomic E-state index is 11.9. The minimum Gasteiger partial charge on any atom is -0.313 e. The third-order valence-corrected chi connectivity index (χ3v) is 4.93. The van der Waals surface area contributed by atoms with Crippen LogP contribution in [0.2, 0.25) is 0 Å². The second-order valence-corrected chi connectivity index (χ2v) is 6.85. The van der Waals surface area contributed by atoms with Gasteiger partial charge >= 0.3 is 0 Å². The molecular formula is C11H24N2O2S. The molecule has 0 aliphatic heterocycles. The molecule has 0 bridgehead atoms. The van der Waals surface area contributed by atoms with Gasteiger partial charge < -0.3 is 5.32 Å². The van der Waals surface area contributed by atoms with Crippen molar-refractivity contribution >= 4 is 10.0 Å². The molecule has 96 valence electrons. The van der Waals surface area contributed by atoms with Crippen LogP contribution in [0.3, 0.4) is 0 Å². The first-order chi connectivity index (χ1) is 7.52. The molecule has 16 heavy (non-hydrogen) atoms. The molecule has 0 amide bonds. The van der Waals surface area contributed by atoms with Crippen LogP contribution in [0.5, 0.6) is 0 Å². The van der Waals surface area contributed by atoms with Crippen molar-refractivity contribution in [2.24, 2.45) is 0 Å². The average molecular weight is 248 g/mol. The Morgan fingerprint density at radius 3 is 2.31 bits per heavy atom. The lowest BCUT2D eigenvalue weighted by atomic mass is 10.0. The summed E-state index contributed by atoms with van der Waals surface area (Å²) in [6.07, 6.45) is 4.94. The molecule has 2 N–H and O–H groups in total. The minimum atomic E-state index is -3.07. The SMILES string of the molecule is CC(C)NCCNS(=O)(=O)C1CCCCC1. The summed E-state index contributed by atoms with van der Waals surface area (Å²) in [6, 6.07) is 0.402. The molecule has 0 aromatic rings. The van der Waals surface area contributed by atoms with Gasteiger partial charge in [0.05, 0.1) is 5.25 Å². The van der Waals surface area contributed by atoms with Crippen LogP contribution < -0.4 is 10.0 Å². The first kappa shape index (κ1) is 13.9. The fourth-order valence-corrected chi connectivity index (χ4v) is 3.62. The molecule has 4 nitrogen and oxygen atoms in total. The van der Waals surface area contributed by atoms with Gasteiger partial charge in [-0.15, -0.1) is 0 Å². The minimum absolute atomic E-state index is 0.153. The molecule has 0 aromatic heterocycles. The normalized spacial score (nSPS) is 19.2. The Morgan fingerprint density at radius 1 is 1.12 bits per heavy atom. The molecule has 0 heterocycles.